The van der Waals surface area contributed by atoms with Gasteiger partial charge in [0.15, 0.2) is 0 Å². The molecule has 2 rings (SSSR count). The van der Waals surface area contributed by atoms with Gasteiger partial charge in [0, 0.05) is 24.3 Å². The largest absolute Gasteiger partial charge is 0.481 e. The third-order valence-corrected chi connectivity index (χ3v) is 3.94. The smallest absolute Gasteiger partial charge is 0.303 e. The Hall–Kier alpha value is -1.82. The first kappa shape index (κ1) is 14.6. The summed E-state index contributed by atoms with van der Waals surface area (Å²) < 4.78 is 0. The molecule has 1 aromatic carbocycles. The molecule has 0 aliphatic carbocycles. The highest BCUT2D eigenvalue weighted by molar-refractivity contribution is 8.14. The summed E-state index contributed by atoms with van der Waals surface area (Å²) in [6, 6.07) is 9.39. The maximum atomic E-state index is 11.9. The Kier molecular flexibility index (Phi) is 5.17. The minimum Gasteiger partial charge on any atom is -0.481 e. The van der Waals surface area contributed by atoms with Gasteiger partial charge in [-0.05, 0) is 6.42 Å². The number of hydrogen-bond donors (Lipinski definition) is 2. The number of hydrogen-bond acceptors (Lipinski definition) is 4. The Bertz CT molecular complexity index is 516. The molecule has 1 amide bonds. The van der Waals surface area contributed by atoms with E-state index in [-0.39, 0.29) is 18.4 Å². The minimum atomic E-state index is -0.847. The summed E-state index contributed by atoms with van der Waals surface area (Å²) in [6.07, 6.45) is 0.508. The van der Waals surface area contributed by atoms with E-state index in [0.717, 1.165) is 10.6 Å². The SMILES string of the molecule is O=C(O)CCCNC(=O)C1CSC(c2ccccc2)=N1. The second kappa shape index (κ2) is 7.09. The van der Waals surface area contributed by atoms with Gasteiger partial charge in [-0.25, -0.2) is 0 Å². The molecule has 0 radical (unpaired) electrons. The topological polar surface area (TPSA) is 78.8 Å². The van der Waals surface area contributed by atoms with Crippen molar-refractivity contribution in [2.75, 3.05) is 12.3 Å². The van der Waals surface area contributed by atoms with Crippen molar-refractivity contribution >= 4 is 28.7 Å². The van der Waals surface area contributed by atoms with Gasteiger partial charge in [-0.2, -0.15) is 0 Å². The normalized spacial score (nSPS) is 17.6. The standard InChI is InChI=1S/C14H16N2O3S/c17-12(18)7-4-8-15-13(19)11-9-20-14(16-11)10-5-2-1-3-6-10/h1-3,5-6,11H,4,7-9H2,(H,15,19)(H,17,18). The number of rotatable bonds is 6. The van der Waals surface area contributed by atoms with Gasteiger partial charge in [-0.1, -0.05) is 30.3 Å². The summed E-state index contributed by atoms with van der Waals surface area (Å²) >= 11 is 1.57. The van der Waals surface area contributed by atoms with E-state index in [4.69, 9.17) is 5.11 Å². The first-order chi connectivity index (χ1) is 9.66. The van der Waals surface area contributed by atoms with Crippen molar-refractivity contribution in [1.82, 2.24) is 5.32 Å². The lowest BCUT2D eigenvalue weighted by atomic mass is 10.2. The first-order valence-corrected chi connectivity index (χ1v) is 7.41. The van der Waals surface area contributed by atoms with Gasteiger partial charge in [0.2, 0.25) is 5.91 Å². The summed E-state index contributed by atoms with van der Waals surface area (Å²) in [7, 11) is 0. The van der Waals surface area contributed by atoms with Crippen LogP contribution in [-0.4, -0.2) is 40.4 Å². The third-order valence-electron chi connectivity index (χ3n) is 2.84. The van der Waals surface area contributed by atoms with Gasteiger partial charge in [-0.15, -0.1) is 11.8 Å². The highest BCUT2D eigenvalue weighted by Gasteiger charge is 2.25. The van der Waals surface area contributed by atoms with E-state index in [1.807, 2.05) is 30.3 Å². The maximum Gasteiger partial charge on any atom is 0.303 e. The summed E-state index contributed by atoms with van der Waals surface area (Å²) in [4.78, 5) is 26.7. The van der Waals surface area contributed by atoms with Crippen LogP contribution in [0.2, 0.25) is 0 Å². The third kappa shape index (κ3) is 4.09. The van der Waals surface area contributed by atoms with Crippen LogP contribution in [0, 0.1) is 0 Å². The number of carboxylic acid groups (broad SMARTS) is 1. The van der Waals surface area contributed by atoms with Crippen LogP contribution < -0.4 is 5.32 Å². The number of thioether (sulfide) groups is 1. The van der Waals surface area contributed by atoms with Crippen molar-refractivity contribution in [3.63, 3.8) is 0 Å². The lowest BCUT2D eigenvalue weighted by Gasteiger charge is -2.06. The molecule has 0 saturated carbocycles. The maximum absolute atomic E-state index is 11.9. The fourth-order valence-electron chi connectivity index (χ4n) is 1.82. The average molecular weight is 292 g/mol. The second-order valence-corrected chi connectivity index (χ2v) is 5.42. The number of carbonyl (C=O) groups is 2. The molecule has 1 unspecified atom stereocenters. The minimum absolute atomic E-state index is 0.0677. The van der Waals surface area contributed by atoms with Gasteiger partial charge >= 0.3 is 5.97 Å². The molecule has 20 heavy (non-hydrogen) atoms. The molecular weight excluding hydrogens is 276 g/mol. The van der Waals surface area contributed by atoms with E-state index in [1.165, 1.54) is 0 Å². The Morgan fingerprint density at radius 3 is 2.80 bits per heavy atom. The van der Waals surface area contributed by atoms with E-state index < -0.39 is 5.97 Å². The Morgan fingerprint density at radius 2 is 2.10 bits per heavy atom. The van der Waals surface area contributed by atoms with Crippen LogP contribution in [0.1, 0.15) is 18.4 Å². The molecule has 6 heteroatoms. The van der Waals surface area contributed by atoms with Crippen molar-refractivity contribution < 1.29 is 14.7 Å². The highest BCUT2D eigenvalue weighted by atomic mass is 32.2. The van der Waals surface area contributed by atoms with Crippen LogP contribution in [0.3, 0.4) is 0 Å². The van der Waals surface area contributed by atoms with E-state index >= 15 is 0 Å². The van der Waals surface area contributed by atoms with Crippen LogP contribution >= 0.6 is 11.8 Å². The number of carboxylic acids is 1. The summed E-state index contributed by atoms with van der Waals surface area (Å²) in [5.41, 5.74) is 1.03. The van der Waals surface area contributed by atoms with E-state index in [2.05, 4.69) is 10.3 Å². The molecule has 1 aromatic rings. The number of amides is 1. The van der Waals surface area contributed by atoms with Crippen LogP contribution in [0.4, 0.5) is 0 Å². The molecule has 2 N–H and O–H groups in total. The van der Waals surface area contributed by atoms with Crippen molar-refractivity contribution in [2.45, 2.75) is 18.9 Å². The van der Waals surface area contributed by atoms with Gasteiger partial charge in [0.05, 0.1) is 5.04 Å². The van der Waals surface area contributed by atoms with Crippen molar-refractivity contribution in [1.29, 1.82) is 0 Å². The molecular formula is C14H16N2O3S. The number of nitrogens with one attached hydrogen (secondary N) is 1. The van der Waals surface area contributed by atoms with Crippen molar-refractivity contribution in [3.05, 3.63) is 35.9 Å². The van der Waals surface area contributed by atoms with Crippen LogP contribution in [0.25, 0.3) is 0 Å². The predicted molar refractivity (Wildman–Crippen MR) is 79.1 cm³/mol. The van der Waals surface area contributed by atoms with E-state index in [1.54, 1.807) is 11.8 Å². The van der Waals surface area contributed by atoms with Crippen LogP contribution in [0.5, 0.6) is 0 Å². The average Bonchev–Trinajstić information content (AvgIpc) is 2.94. The molecule has 0 fully saturated rings. The van der Waals surface area contributed by atoms with Gasteiger partial charge in [0.1, 0.15) is 6.04 Å². The molecule has 5 nitrogen and oxygen atoms in total. The molecule has 1 atom stereocenters. The Balaban J connectivity index is 1.84. The number of carbonyl (C=O) groups excluding carboxylic acids is 1. The number of benzene rings is 1. The lowest BCUT2D eigenvalue weighted by molar-refractivity contribution is -0.137. The molecule has 1 aliphatic heterocycles. The monoisotopic (exact) mass is 292 g/mol. The molecule has 0 spiro atoms. The molecule has 0 aromatic heterocycles. The Morgan fingerprint density at radius 1 is 1.35 bits per heavy atom. The predicted octanol–water partition coefficient (Wildman–Crippen LogP) is 1.53. The molecule has 0 saturated heterocycles. The fourth-order valence-corrected chi connectivity index (χ4v) is 2.86. The molecule has 0 bridgehead atoms. The zero-order valence-electron chi connectivity index (χ0n) is 10.9. The number of aliphatic imine (C=N–C) groups is 1. The number of aliphatic carboxylic acids is 1. The molecule has 1 heterocycles. The van der Waals surface area contributed by atoms with Crippen molar-refractivity contribution in [2.24, 2.45) is 4.99 Å². The fraction of sp³-hybridized carbons (Fsp3) is 0.357. The number of nitrogens with zero attached hydrogens (tertiary/aromatic N) is 1. The van der Waals surface area contributed by atoms with Crippen LogP contribution in [-0.2, 0) is 9.59 Å². The Labute approximate surface area is 121 Å². The summed E-state index contributed by atoms with van der Waals surface area (Å²) in [6.45, 7) is 0.377. The zero-order valence-corrected chi connectivity index (χ0v) is 11.7. The highest BCUT2D eigenvalue weighted by Crippen LogP contribution is 2.23. The quantitative estimate of drug-likeness (QED) is 0.779. The first-order valence-electron chi connectivity index (χ1n) is 6.42. The lowest BCUT2D eigenvalue weighted by Crippen LogP contribution is -2.34. The van der Waals surface area contributed by atoms with Crippen LogP contribution in [0.15, 0.2) is 35.3 Å². The van der Waals surface area contributed by atoms with E-state index in [9.17, 15) is 9.59 Å². The zero-order chi connectivity index (χ0) is 14.4. The molecule has 106 valence electrons. The molecule has 1 aliphatic rings. The van der Waals surface area contributed by atoms with Crippen molar-refractivity contribution in [3.8, 4) is 0 Å². The van der Waals surface area contributed by atoms with Gasteiger partial charge < -0.3 is 10.4 Å². The summed E-state index contributed by atoms with van der Waals surface area (Å²) in [5.74, 6) is -0.344. The van der Waals surface area contributed by atoms with E-state index in [0.29, 0.717) is 18.7 Å². The summed E-state index contributed by atoms with van der Waals surface area (Å²) in [5, 5.41) is 12.1. The second-order valence-electron chi connectivity index (χ2n) is 4.42. The van der Waals surface area contributed by atoms with Gasteiger partial charge in [0.25, 0.3) is 0 Å². The van der Waals surface area contributed by atoms with Gasteiger partial charge in [-0.3, -0.25) is 14.6 Å².